The molecular weight excluding hydrogens is 188 g/mol. The molecule has 1 atom stereocenters. The summed E-state index contributed by atoms with van der Waals surface area (Å²) in [5, 5.41) is 6.86. The van der Waals surface area contributed by atoms with Crippen LogP contribution in [-0.4, -0.2) is 25.9 Å². The molecule has 1 aromatic rings. The first kappa shape index (κ1) is 9.33. The van der Waals surface area contributed by atoms with E-state index in [9.17, 15) is 0 Å². The third-order valence-corrected chi connectivity index (χ3v) is 3.19. The Labute approximate surface area is 89.8 Å². The lowest BCUT2D eigenvalue weighted by Crippen LogP contribution is -2.40. The van der Waals surface area contributed by atoms with Crippen LogP contribution in [0.5, 0.6) is 0 Å². The van der Waals surface area contributed by atoms with E-state index in [2.05, 4.69) is 34.9 Å². The molecule has 1 fully saturated rings. The SMILES string of the molecule is c1ccc2c(c1)CCO[C@@H]2C1NCCN1. The van der Waals surface area contributed by atoms with E-state index < -0.39 is 0 Å². The van der Waals surface area contributed by atoms with E-state index in [0.717, 1.165) is 26.1 Å². The molecule has 2 aliphatic heterocycles. The van der Waals surface area contributed by atoms with Gasteiger partial charge in [-0.3, -0.25) is 10.6 Å². The summed E-state index contributed by atoms with van der Waals surface area (Å²) >= 11 is 0. The Morgan fingerprint density at radius 3 is 2.80 bits per heavy atom. The van der Waals surface area contributed by atoms with Crippen molar-refractivity contribution in [3.8, 4) is 0 Å². The molecule has 2 aliphatic rings. The van der Waals surface area contributed by atoms with Crippen LogP contribution in [0.2, 0.25) is 0 Å². The van der Waals surface area contributed by atoms with Crippen LogP contribution in [0.4, 0.5) is 0 Å². The van der Waals surface area contributed by atoms with Gasteiger partial charge in [-0.25, -0.2) is 0 Å². The second-order valence-electron chi connectivity index (χ2n) is 4.13. The molecule has 2 N–H and O–H groups in total. The molecule has 15 heavy (non-hydrogen) atoms. The van der Waals surface area contributed by atoms with Gasteiger partial charge in [-0.2, -0.15) is 0 Å². The van der Waals surface area contributed by atoms with E-state index in [1.54, 1.807) is 0 Å². The average molecular weight is 204 g/mol. The minimum atomic E-state index is 0.178. The zero-order chi connectivity index (χ0) is 10.1. The van der Waals surface area contributed by atoms with Crippen molar-refractivity contribution >= 4 is 0 Å². The van der Waals surface area contributed by atoms with Crippen LogP contribution in [-0.2, 0) is 11.2 Å². The normalized spacial score (nSPS) is 26.5. The highest BCUT2D eigenvalue weighted by molar-refractivity contribution is 5.31. The fourth-order valence-corrected chi connectivity index (χ4v) is 2.44. The summed E-state index contributed by atoms with van der Waals surface area (Å²) in [6.07, 6.45) is 1.50. The molecule has 0 amide bonds. The Balaban J connectivity index is 1.91. The highest BCUT2D eigenvalue weighted by Crippen LogP contribution is 2.29. The van der Waals surface area contributed by atoms with Crippen molar-refractivity contribution < 1.29 is 4.74 Å². The molecule has 1 aromatic carbocycles. The van der Waals surface area contributed by atoms with E-state index in [-0.39, 0.29) is 12.3 Å². The minimum absolute atomic E-state index is 0.178. The Kier molecular flexibility index (Phi) is 2.44. The third kappa shape index (κ3) is 1.67. The summed E-state index contributed by atoms with van der Waals surface area (Å²) in [4.78, 5) is 0. The molecule has 0 aliphatic carbocycles. The van der Waals surface area contributed by atoms with E-state index in [0.29, 0.717) is 0 Å². The van der Waals surface area contributed by atoms with Crippen LogP contribution in [0, 0.1) is 0 Å². The van der Waals surface area contributed by atoms with Gasteiger partial charge in [0, 0.05) is 13.1 Å². The van der Waals surface area contributed by atoms with Crippen molar-refractivity contribution in [2.45, 2.75) is 18.7 Å². The molecule has 3 rings (SSSR count). The quantitative estimate of drug-likeness (QED) is 0.710. The van der Waals surface area contributed by atoms with Crippen LogP contribution >= 0.6 is 0 Å². The van der Waals surface area contributed by atoms with Crippen molar-refractivity contribution in [1.29, 1.82) is 0 Å². The average Bonchev–Trinajstić information content (AvgIpc) is 2.82. The fourth-order valence-electron chi connectivity index (χ4n) is 2.44. The topological polar surface area (TPSA) is 33.3 Å². The van der Waals surface area contributed by atoms with Gasteiger partial charge in [-0.05, 0) is 17.5 Å². The largest absolute Gasteiger partial charge is 0.370 e. The van der Waals surface area contributed by atoms with Crippen molar-refractivity contribution in [2.24, 2.45) is 0 Å². The van der Waals surface area contributed by atoms with Crippen LogP contribution in [0.1, 0.15) is 17.2 Å². The van der Waals surface area contributed by atoms with E-state index in [1.807, 2.05) is 0 Å². The molecule has 3 heteroatoms. The lowest BCUT2D eigenvalue weighted by atomic mass is 9.96. The summed E-state index contributed by atoms with van der Waals surface area (Å²) < 4.78 is 5.86. The van der Waals surface area contributed by atoms with E-state index in [4.69, 9.17) is 4.74 Å². The Morgan fingerprint density at radius 1 is 1.13 bits per heavy atom. The molecule has 3 nitrogen and oxygen atoms in total. The number of nitrogens with one attached hydrogen (secondary N) is 2. The van der Waals surface area contributed by atoms with Crippen LogP contribution < -0.4 is 10.6 Å². The maximum atomic E-state index is 5.86. The van der Waals surface area contributed by atoms with Gasteiger partial charge in [0.15, 0.2) is 0 Å². The zero-order valence-electron chi connectivity index (χ0n) is 8.70. The summed E-state index contributed by atoms with van der Waals surface area (Å²) in [5.74, 6) is 0. The standard InChI is InChI=1S/C12H16N2O/c1-2-4-10-9(3-1)5-8-15-11(10)12-13-6-7-14-12/h1-4,11-14H,5-8H2/t11-/m0/s1. The molecule has 0 bridgehead atoms. The summed E-state index contributed by atoms with van der Waals surface area (Å²) in [6, 6.07) is 8.59. The number of hydrogen-bond donors (Lipinski definition) is 2. The van der Waals surface area contributed by atoms with Gasteiger partial charge in [0.25, 0.3) is 0 Å². The fraction of sp³-hybridized carbons (Fsp3) is 0.500. The first-order valence-electron chi connectivity index (χ1n) is 5.61. The molecule has 1 saturated heterocycles. The predicted octanol–water partition coefficient (Wildman–Crippen LogP) is 0.819. The number of fused-ring (bicyclic) bond motifs is 1. The van der Waals surface area contributed by atoms with Gasteiger partial charge in [0.2, 0.25) is 0 Å². The number of benzene rings is 1. The van der Waals surface area contributed by atoms with Gasteiger partial charge in [0.1, 0.15) is 6.10 Å². The third-order valence-electron chi connectivity index (χ3n) is 3.19. The molecule has 0 aromatic heterocycles. The first-order chi connectivity index (χ1) is 7.45. The maximum absolute atomic E-state index is 5.86. The number of hydrogen-bond acceptors (Lipinski definition) is 3. The van der Waals surface area contributed by atoms with Gasteiger partial charge >= 0.3 is 0 Å². The smallest absolute Gasteiger partial charge is 0.111 e. The maximum Gasteiger partial charge on any atom is 0.111 e. The van der Waals surface area contributed by atoms with Crippen LogP contribution in [0.3, 0.4) is 0 Å². The molecular formula is C12H16N2O. The van der Waals surface area contributed by atoms with E-state index in [1.165, 1.54) is 11.1 Å². The molecule has 2 heterocycles. The Bertz CT molecular complexity index is 347. The highest BCUT2D eigenvalue weighted by Gasteiger charge is 2.30. The summed E-state index contributed by atoms with van der Waals surface area (Å²) in [7, 11) is 0. The Morgan fingerprint density at radius 2 is 1.93 bits per heavy atom. The van der Waals surface area contributed by atoms with Gasteiger partial charge in [-0.15, -0.1) is 0 Å². The molecule has 0 unspecified atom stereocenters. The molecule has 80 valence electrons. The number of rotatable bonds is 1. The second kappa shape index (κ2) is 3.93. The van der Waals surface area contributed by atoms with Crippen LogP contribution in [0.15, 0.2) is 24.3 Å². The molecule has 0 radical (unpaired) electrons. The predicted molar refractivity (Wildman–Crippen MR) is 58.6 cm³/mol. The lowest BCUT2D eigenvalue weighted by Gasteiger charge is -2.30. The van der Waals surface area contributed by atoms with Gasteiger partial charge < -0.3 is 4.74 Å². The first-order valence-corrected chi connectivity index (χ1v) is 5.61. The molecule has 0 saturated carbocycles. The van der Waals surface area contributed by atoms with Gasteiger partial charge in [-0.1, -0.05) is 24.3 Å². The summed E-state index contributed by atoms with van der Waals surface area (Å²) in [5.41, 5.74) is 2.78. The van der Waals surface area contributed by atoms with Gasteiger partial charge in [0.05, 0.1) is 12.8 Å². The zero-order valence-corrected chi connectivity index (χ0v) is 8.70. The molecule has 0 spiro atoms. The second-order valence-corrected chi connectivity index (χ2v) is 4.13. The Hall–Kier alpha value is -0.900. The highest BCUT2D eigenvalue weighted by atomic mass is 16.5. The van der Waals surface area contributed by atoms with Crippen LogP contribution in [0.25, 0.3) is 0 Å². The van der Waals surface area contributed by atoms with Crippen molar-refractivity contribution in [2.75, 3.05) is 19.7 Å². The number of ether oxygens (including phenoxy) is 1. The van der Waals surface area contributed by atoms with Crippen molar-refractivity contribution in [1.82, 2.24) is 10.6 Å². The van der Waals surface area contributed by atoms with E-state index >= 15 is 0 Å². The van der Waals surface area contributed by atoms with Crippen molar-refractivity contribution in [3.63, 3.8) is 0 Å². The summed E-state index contributed by atoms with van der Waals surface area (Å²) in [6.45, 7) is 2.90. The monoisotopic (exact) mass is 204 g/mol. The lowest BCUT2D eigenvalue weighted by molar-refractivity contribution is 0.0148. The van der Waals surface area contributed by atoms with Crippen molar-refractivity contribution in [3.05, 3.63) is 35.4 Å². The minimum Gasteiger partial charge on any atom is -0.370 e.